The van der Waals surface area contributed by atoms with E-state index in [0.717, 1.165) is 5.56 Å². The highest BCUT2D eigenvalue weighted by molar-refractivity contribution is 9.10. The summed E-state index contributed by atoms with van der Waals surface area (Å²) in [4.78, 5) is 11.8. The Bertz CT molecular complexity index is 669. The normalized spacial score (nSPS) is 10.7. The molecule has 1 amide bonds. The summed E-state index contributed by atoms with van der Waals surface area (Å²) < 4.78 is 0.575. The quantitative estimate of drug-likeness (QED) is 0.669. The predicted octanol–water partition coefficient (Wildman–Crippen LogP) is 3.23. The molecule has 0 spiro atoms. The van der Waals surface area contributed by atoms with Gasteiger partial charge in [0.05, 0.1) is 10.7 Å². The molecule has 102 valence electrons. The van der Waals surface area contributed by atoms with Gasteiger partial charge in [-0.2, -0.15) is 5.10 Å². The largest absolute Gasteiger partial charge is 0.506 e. The molecule has 0 heterocycles. The number of aryl methyl sites for hydroxylation is 1. The Labute approximate surface area is 125 Å². The third kappa shape index (κ3) is 3.45. The first-order valence-electron chi connectivity index (χ1n) is 5.95. The van der Waals surface area contributed by atoms with Gasteiger partial charge in [-0.25, -0.2) is 5.43 Å². The van der Waals surface area contributed by atoms with Crippen molar-refractivity contribution in [2.75, 3.05) is 0 Å². The van der Waals surface area contributed by atoms with Gasteiger partial charge < -0.3 is 5.11 Å². The molecule has 4 nitrogen and oxygen atoms in total. The third-order valence-corrected chi connectivity index (χ3v) is 3.31. The van der Waals surface area contributed by atoms with Crippen molar-refractivity contribution in [3.63, 3.8) is 0 Å². The molecule has 2 N–H and O–H groups in total. The number of hydrogen-bond donors (Lipinski definition) is 2. The number of benzene rings is 2. The minimum atomic E-state index is -0.292. The van der Waals surface area contributed by atoms with E-state index in [4.69, 9.17) is 0 Å². The number of nitrogens with zero attached hydrogens (tertiary/aromatic N) is 1. The summed E-state index contributed by atoms with van der Waals surface area (Å²) in [5.74, 6) is -0.208. The molecule has 0 aliphatic carbocycles. The van der Waals surface area contributed by atoms with E-state index >= 15 is 0 Å². The Morgan fingerprint density at radius 3 is 2.80 bits per heavy atom. The number of rotatable bonds is 3. The third-order valence-electron chi connectivity index (χ3n) is 2.67. The summed E-state index contributed by atoms with van der Waals surface area (Å²) in [5, 5.41) is 13.6. The van der Waals surface area contributed by atoms with Crippen LogP contribution in [0.3, 0.4) is 0 Å². The zero-order valence-electron chi connectivity index (χ0n) is 10.8. The summed E-state index contributed by atoms with van der Waals surface area (Å²) in [7, 11) is 0. The van der Waals surface area contributed by atoms with Crippen molar-refractivity contribution < 1.29 is 9.90 Å². The SMILES string of the molecule is Cc1cccc(C(=O)N/N=C/c2cccc(Br)c2O)c1. The molecule has 0 fully saturated rings. The Hall–Kier alpha value is -2.14. The number of aromatic hydroxyl groups is 1. The highest BCUT2D eigenvalue weighted by Gasteiger charge is 2.04. The van der Waals surface area contributed by atoms with E-state index in [1.807, 2.05) is 19.1 Å². The molecule has 0 aromatic heterocycles. The van der Waals surface area contributed by atoms with Crippen molar-refractivity contribution in [2.24, 2.45) is 5.10 Å². The Morgan fingerprint density at radius 2 is 2.05 bits per heavy atom. The molecule has 0 saturated carbocycles. The molecule has 2 rings (SSSR count). The van der Waals surface area contributed by atoms with E-state index in [2.05, 4.69) is 26.5 Å². The molecule has 0 unspecified atom stereocenters. The number of para-hydroxylation sites is 1. The number of carbonyl (C=O) groups is 1. The molecule has 0 aliphatic heterocycles. The maximum Gasteiger partial charge on any atom is 0.271 e. The van der Waals surface area contributed by atoms with Crippen LogP contribution in [0.2, 0.25) is 0 Å². The highest BCUT2D eigenvalue weighted by atomic mass is 79.9. The molecule has 0 aliphatic rings. The van der Waals surface area contributed by atoms with Crippen LogP contribution in [0, 0.1) is 6.92 Å². The number of hydrazone groups is 1. The van der Waals surface area contributed by atoms with Gasteiger partial charge >= 0.3 is 0 Å². The van der Waals surface area contributed by atoms with Crippen LogP contribution in [0.1, 0.15) is 21.5 Å². The van der Waals surface area contributed by atoms with Gasteiger partial charge in [0.1, 0.15) is 5.75 Å². The Morgan fingerprint density at radius 1 is 1.30 bits per heavy atom. The Kier molecular flexibility index (Phi) is 4.53. The van der Waals surface area contributed by atoms with Gasteiger partial charge in [-0.1, -0.05) is 23.8 Å². The Balaban J connectivity index is 2.07. The summed E-state index contributed by atoms with van der Waals surface area (Å²) in [6.45, 7) is 1.92. The number of phenols is 1. The predicted molar refractivity (Wildman–Crippen MR) is 82.0 cm³/mol. The van der Waals surface area contributed by atoms with Crippen LogP contribution in [0.5, 0.6) is 5.75 Å². The van der Waals surface area contributed by atoms with Crippen molar-refractivity contribution in [3.8, 4) is 5.75 Å². The lowest BCUT2D eigenvalue weighted by Gasteiger charge is -2.02. The van der Waals surface area contributed by atoms with Crippen LogP contribution in [0.4, 0.5) is 0 Å². The van der Waals surface area contributed by atoms with Crippen LogP contribution in [0.15, 0.2) is 52.0 Å². The topological polar surface area (TPSA) is 61.7 Å². The number of halogens is 1. The van der Waals surface area contributed by atoms with Crippen molar-refractivity contribution in [1.29, 1.82) is 0 Å². The molecule has 20 heavy (non-hydrogen) atoms. The standard InChI is InChI=1S/C15H13BrN2O2/c1-10-4-2-5-11(8-10)15(20)18-17-9-12-6-3-7-13(16)14(12)19/h2-9,19H,1H3,(H,18,20)/b17-9+. The number of hydrogen-bond acceptors (Lipinski definition) is 3. The zero-order chi connectivity index (χ0) is 14.5. The van der Waals surface area contributed by atoms with Gasteiger partial charge in [0.15, 0.2) is 0 Å². The molecule has 0 atom stereocenters. The molecule has 5 heteroatoms. The smallest absolute Gasteiger partial charge is 0.271 e. The second-order valence-corrected chi connectivity index (χ2v) is 5.10. The zero-order valence-corrected chi connectivity index (χ0v) is 12.4. The number of amides is 1. The molecule has 0 bridgehead atoms. The first-order valence-corrected chi connectivity index (χ1v) is 6.75. The first-order chi connectivity index (χ1) is 9.58. The molecular formula is C15H13BrN2O2. The second kappa shape index (κ2) is 6.34. The van der Waals surface area contributed by atoms with Crippen LogP contribution < -0.4 is 5.43 Å². The minimum Gasteiger partial charge on any atom is -0.506 e. The summed E-state index contributed by atoms with van der Waals surface area (Å²) in [5.41, 5.74) is 4.49. The average Bonchev–Trinajstić information content (AvgIpc) is 2.43. The van der Waals surface area contributed by atoms with E-state index in [0.29, 0.717) is 15.6 Å². The van der Waals surface area contributed by atoms with Crippen molar-refractivity contribution in [1.82, 2.24) is 5.43 Å². The van der Waals surface area contributed by atoms with Gasteiger partial charge in [-0.05, 0) is 47.1 Å². The lowest BCUT2D eigenvalue weighted by Crippen LogP contribution is -2.17. The van der Waals surface area contributed by atoms with Crippen LogP contribution >= 0.6 is 15.9 Å². The minimum absolute atomic E-state index is 0.0843. The van der Waals surface area contributed by atoms with Gasteiger partial charge in [-0.15, -0.1) is 0 Å². The van der Waals surface area contributed by atoms with Gasteiger partial charge in [0, 0.05) is 11.1 Å². The van der Waals surface area contributed by atoms with Gasteiger partial charge in [0.2, 0.25) is 0 Å². The van der Waals surface area contributed by atoms with E-state index in [1.54, 1.807) is 30.3 Å². The van der Waals surface area contributed by atoms with Crippen LogP contribution in [0.25, 0.3) is 0 Å². The van der Waals surface area contributed by atoms with Crippen LogP contribution in [-0.4, -0.2) is 17.2 Å². The van der Waals surface area contributed by atoms with Crippen LogP contribution in [-0.2, 0) is 0 Å². The molecular weight excluding hydrogens is 320 g/mol. The number of nitrogens with one attached hydrogen (secondary N) is 1. The lowest BCUT2D eigenvalue weighted by atomic mass is 10.1. The average molecular weight is 333 g/mol. The number of carbonyl (C=O) groups excluding carboxylic acids is 1. The van der Waals surface area contributed by atoms with Gasteiger partial charge in [0.25, 0.3) is 5.91 Å². The number of phenolic OH excluding ortho intramolecular Hbond substituents is 1. The van der Waals surface area contributed by atoms with E-state index < -0.39 is 0 Å². The van der Waals surface area contributed by atoms with E-state index in [-0.39, 0.29) is 11.7 Å². The van der Waals surface area contributed by atoms with Crippen molar-refractivity contribution >= 4 is 28.1 Å². The molecule has 2 aromatic carbocycles. The fourth-order valence-electron chi connectivity index (χ4n) is 1.65. The monoisotopic (exact) mass is 332 g/mol. The highest BCUT2D eigenvalue weighted by Crippen LogP contribution is 2.25. The van der Waals surface area contributed by atoms with Crippen molar-refractivity contribution in [3.05, 3.63) is 63.6 Å². The van der Waals surface area contributed by atoms with Gasteiger partial charge in [-0.3, -0.25) is 4.79 Å². The summed E-state index contributed by atoms with van der Waals surface area (Å²) in [6, 6.07) is 12.4. The first kappa shape index (κ1) is 14.3. The maximum absolute atomic E-state index is 11.8. The van der Waals surface area contributed by atoms with Crippen molar-refractivity contribution in [2.45, 2.75) is 6.92 Å². The summed E-state index contributed by atoms with van der Waals surface area (Å²) >= 11 is 3.21. The van der Waals surface area contributed by atoms with E-state index in [1.165, 1.54) is 6.21 Å². The lowest BCUT2D eigenvalue weighted by molar-refractivity contribution is 0.0955. The fourth-order valence-corrected chi connectivity index (χ4v) is 2.03. The molecule has 0 radical (unpaired) electrons. The maximum atomic E-state index is 11.8. The molecule has 2 aromatic rings. The van der Waals surface area contributed by atoms with E-state index in [9.17, 15) is 9.90 Å². The summed E-state index contributed by atoms with van der Waals surface area (Å²) in [6.07, 6.45) is 1.40. The molecule has 0 saturated heterocycles. The second-order valence-electron chi connectivity index (χ2n) is 4.25. The fraction of sp³-hybridized carbons (Fsp3) is 0.0667.